The standard InChI is InChI=1S/C26H25N3O2S2/c1-4-13-28-25(30)23(33-26(28)32)16-19-17-29(20-9-7-6-8-10-20)27-24(19)22-12-11-21(15-18(22)3)31-14-5-2/h5-12,15-17H,2,4,13-14H2,1,3H3. The molecule has 0 N–H and O–H groups in total. The smallest absolute Gasteiger partial charge is 0.266 e. The monoisotopic (exact) mass is 475 g/mol. The van der Waals surface area contributed by atoms with Gasteiger partial charge >= 0.3 is 0 Å². The summed E-state index contributed by atoms with van der Waals surface area (Å²) in [5.41, 5.74) is 4.61. The highest BCUT2D eigenvalue weighted by Crippen LogP contribution is 2.36. The van der Waals surface area contributed by atoms with Crippen molar-refractivity contribution in [3.63, 3.8) is 0 Å². The Morgan fingerprint density at radius 1 is 1.21 bits per heavy atom. The third-order valence-corrected chi connectivity index (χ3v) is 6.57. The van der Waals surface area contributed by atoms with Gasteiger partial charge in [-0.05, 0) is 55.3 Å². The fourth-order valence-corrected chi connectivity index (χ4v) is 4.92. The number of benzene rings is 2. The zero-order valence-electron chi connectivity index (χ0n) is 18.7. The number of aryl methyl sites for hydroxylation is 1. The number of aromatic nitrogens is 2. The van der Waals surface area contributed by atoms with E-state index in [9.17, 15) is 4.79 Å². The molecule has 1 saturated heterocycles. The molecule has 1 amide bonds. The van der Waals surface area contributed by atoms with Crippen molar-refractivity contribution in [2.45, 2.75) is 20.3 Å². The molecule has 0 spiro atoms. The lowest BCUT2D eigenvalue weighted by Crippen LogP contribution is -2.28. The van der Waals surface area contributed by atoms with Gasteiger partial charge in [0.15, 0.2) is 0 Å². The van der Waals surface area contributed by atoms with E-state index in [4.69, 9.17) is 22.1 Å². The number of hydrogen-bond donors (Lipinski definition) is 0. The number of rotatable bonds is 8. The first-order chi connectivity index (χ1) is 16.0. The summed E-state index contributed by atoms with van der Waals surface area (Å²) in [5.74, 6) is 0.732. The van der Waals surface area contributed by atoms with Gasteiger partial charge in [-0.3, -0.25) is 9.69 Å². The molecular formula is C26H25N3O2S2. The molecule has 1 fully saturated rings. The maximum Gasteiger partial charge on any atom is 0.266 e. The maximum absolute atomic E-state index is 12.9. The molecule has 0 radical (unpaired) electrons. The minimum Gasteiger partial charge on any atom is -0.490 e. The van der Waals surface area contributed by atoms with Gasteiger partial charge in [0.1, 0.15) is 22.4 Å². The first-order valence-electron chi connectivity index (χ1n) is 10.8. The van der Waals surface area contributed by atoms with Crippen molar-refractivity contribution < 1.29 is 9.53 Å². The largest absolute Gasteiger partial charge is 0.490 e. The lowest BCUT2D eigenvalue weighted by atomic mass is 10.0. The summed E-state index contributed by atoms with van der Waals surface area (Å²) in [7, 11) is 0. The lowest BCUT2D eigenvalue weighted by molar-refractivity contribution is -0.122. The van der Waals surface area contributed by atoms with Gasteiger partial charge in [-0.15, -0.1) is 0 Å². The summed E-state index contributed by atoms with van der Waals surface area (Å²) < 4.78 is 8.12. The van der Waals surface area contributed by atoms with Gasteiger partial charge in [0, 0.05) is 23.9 Å². The van der Waals surface area contributed by atoms with Crippen molar-refractivity contribution in [3.05, 3.63) is 83.4 Å². The molecule has 168 valence electrons. The Morgan fingerprint density at radius 2 is 2.00 bits per heavy atom. The van der Waals surface area contributed by atoms with Crippen molar-refractivity contribution in [1.82, 2.24) is 14.7 Å². The highest BCUT2D eigenvalue weighted by Gasteiger charge is 2.31. The van der Waals surface area contributed by atoms with Gasteiger partial charge in [-0.1, -0.05) is 61.8 Å². The van der Waals surface area contributed by atoms with Gasteiger partial charge in [0.2, 0.25) is 0 Å². The van der Waals surface area contributed by atoms with Crippen LogP contribution in [0.15, 0.2) is 72.3 Å². The molecule has 1 aliphatic rings. The van der Waals surface area contributed by atoms with Crippen LogP contribution >= 0.6 is 24.0 Å². The molecule has 4 rings (SSSR count). The molecule has 3 aromatic rings. The number of carbonyl (C=O) groups excluding carboxylic acids is 1. The third-order valence-electron chi connectivity index (χ3n) is 5.19. The van der Waals surface area contributed by atoms with E-state index in [-0.39, 0.29) is 5.91 Å². The molecule has 0 unspecified atom stereocenters. The summed E-state index contributed by atoms with van der Waals surface area (Å²) in [6.45, 7) is 8.84. The molecule has 0 saturated carbocycles. The van der Waals surface area contributed by atoms with E-state index >= 15 is 0 Å². The Morgan fingerprint density at radius 3 is 2.70 bits per heavy atom. The Bertz CT molecular complexity index is 1230. The molecule has 0 aliphatic carbocycles. The van der Waals surface area contributed by atoms with E-state index in [0.717, 1.165) is 40.2 Å². The quantitative estimate of drug-likeness (QED) is 0.226. The van der Waals surface area contributed by atoms with Gasteiger partial charge in [0.25, 0.3) is 5.91 Å². The molecule has 0 atom stereocenters. The van der Waals surface area contributed by atoms with Crippen LogP contribution in [0.25, 0.3) is 23.0 Å². The number of carbonyl (C=O) groups is 1. The van der Waals surface area contributed by atoms with E-state index in [2.05, 4.69) is 6.58 Å². The second kappa shape index (κ2) is 10.2. The van der Waals surface area contributed by atoms with Crippen LogP contribution in [-0.4, -0.2) is 38.1 Å². The summed E-state index contributed by atoms with van der Waals surface area (Å²) in [4.78, 5) is 15.2. The van der Waals surface area contributed by atoms with E-state index in [1.54, 1.807) is 11.0 Å². The predicted octanol–water partition coefficient (Wildman–Crippen LogP) is 6.02. The second-order valence-electron chi connectivity index (χ2n) is 7.62. The molecular weight excluding hydrogens is 450 g/mol. The van der Waals surface area contributed by atoms with E-state index in [1.165, 1.54) is 11.8 Å². The third kappa shape index (κ3) is 4.94. The van der Waals surface area contributed by atoms with E-state index in [0.29, 0.717) is 22.4 Å². The van der Waals surface area contributed by atoms with Crippen LogP contribution in [-0.2, 0) is 4.79 Å². The Balaban J connectivity index is 1.79. The average molecular weight is 476 g/mol. The zero-order chi connectivity index (χ0) is 23.4. The normalized spacial score (nSPS) is 14.8. The minimum atomic E-state index is -0.0462. The van der Waals surface area contributed by atoms with Crippen molar-refractivity contribution in [3.8, 4) is 22.7 Å². The Labute approximate surface area is 203 Å². The van der Waals surface area contributed by atoms with Gasteiger partial charge in [0.05, 0.1) is 10.6 Å². The summed E-state index contributed by atoms with van der Waals surface area (Å²) in [5, 5.41) is 4.89. The maximum atomic E-state index is 12.9. The number of nitrogens with zero attached hydrogens (tertiary/aromatic N) is 3. The van der Waals surface area contributed by atoms with Crippen LogP contribution in [0.2, 0.25) is 0 Å². The van der Waals surface area contributed by atoms with Crippen LogP contribution in [0, 0.1) is 6.92 Å². The highest BCUT2D eigenvalue weighted by molar-refractivity contribution is 8.26. The average Bonchev–Trinajstić information content (AvgIpc) is 3.35. The predicted molar refractivity (Wildman–Crippen MR) is 140 cm³/mol. The van der Waals surface area contributed by atoms with Gasteiger partial charge in [-0.25, -0.2) is 4.68 Å². The second-order valence-corrected chi connectivity index (χ2v) is 9.30. The summed E-state index contributed by atoms with van der Waals surface area (Å²) in [6.07, 6.45) is 6.44. The minimum absolute atomic E-state index is 0.0462. The van der Waals surface area contributed by atoms with Crippen molar-refractivity contribution >= 4 is 40.3 Å². The van der Waals surface area contributed by atoms with Crippen LogP contribution < -0.4 is 4.74 Å². The number of hydrogen-bond acceptors (Lipinski definition) is 5. The number of thioether (sulfide) groups is 1. The van der Waals surface area contributed by atoms with Crippen molar-refractivity contribution in [2.24, 2.45) is 0 Å². The Kier molecular flexibility index (Phi) is 7.11. The molecule has 1 aliphatic heterocycles. The first kappa shape index (κ1) is 23.0. The number of para-hydroxylation sites is 1. The first-order valence-corrected chi connectivity index (χ1v) is 12.0. The lowest BCUT2D eigenvalue weighted by Gasteiger charge is -2.12. The number of thiocarbonyl (C=S) groups is 1. The van der Waals surface area contributed by atoms with Crippen LogP contribution in [0.4, 0.5) is 0 Å². The van der Waals surface area contributed by atoms with Crippen molar-refractivity contribution in [2.75, 3.05) is 13.2 Å². The zero-order valence-corrected chi connectivity index (χ0v) is 20.3. The SMILES string of the molecule is C=CCOc1ccc(-c2nn(-c3ccccc3)cc2C=C2SC(=S)N(CCC)C2=O)c(C)c1. The Hall–Kier alpha value is -3.16. The molecule has 33 heavy (non-hydrogen) atoms. The highest BCUT2D eigenvalue weighted by atomic mass is 32.2. The fraction of sp³-hybridized carbons (Fsp3) is 0.192. The van der Waals surface area contributed by atoms with E-state index < -0.39 is 0 Å². The number of ether oxygens (including phenoxy) is 1. The molecule has 0 bridgehead atoms. The van der Waals surface area contributed by atoms with Crippen LogP contribution in [0.3, 0.4) is 0 Å². The summed E-state index contributed by atoms with van der Waals surface area (Å²) in [6, 6.07) is 15.8. The van der Waals surface area contributed by atoms with E-state index in [1.807, 2.05) is 79.3 Å². The molecule has 2 aromatic carbocycles. The van der Waals surface area contributed by atoms with Crippen LogP contribution in [0.5, 0.6) is 5.75 Å². The van der Waals surface area contributed by atoms with Gasteiger partial charge < -0.3 is 4.74 Å². The molecule has 7 heteroatoms. The van der Waals surface area contributed by atoms with Crippen molar-refractivity contribution in [1.29, 1.82) is 0 Å². The molecule has 1 aromatic heterocycles. The topological polar surface area (TPSA) is 47.4 Å². The van der Waals surface area contributed by atoms with Crippen LogP contribution in [0.1, 0.15) is 24.5 Å². The summed E-state index contributed by atoms with van der Waals surface area (Å²) >= 11 is 6.78. The molecule has 2 heterocycles. The van der Waals surface area contributed by atoms with Gasteiger partial charge in [-0.2, -0.15) is 5.10 Å². The molecule has 5 nitrogen and oxygen atoms in total. The fourth-order valence-electron chi connectivity index (χ4n) is 3.62. The number of amides is 1.